The van der Waals surface area contributed by atoms with Gasteiger partial charge in [-0.05, 0) is 31.6 Å². The van der Waals surface area contributed by atoms with E-state index in [-0.39, 0.29) is 17.7 Å². The summed E-state index contributed by atoms with van der Waals surface area (Å²) in [5, 5.41) is 22.0. The number of hydrogen-bond acceptors (Lipinski definition) is 6. The van der Waals surface area contributed by atoms with Gasteiger partial charge in [0.1, 0.15) is 6.04 Å². The minimum Gasteiger partial charge on any atom is -0.861 e. The Morgan fingerprint density at radius 1 is 1.43 bits per heavy atom. The van der Waals surface area contributed by atoms with Gasteiger partial charge in [0, 0.05) is 6.54 Å². The van der Waals surface area contributed by atoms with Crippen LogP contribution in [0.1, 0.15) is 33.6 Å². The molecule has 1 aliphatic heterocycles. The molecule has 8 heteroatoms. The van der Waals surface area contributed by atoms with E-state index in [1.165, 1.54) is 5.01 Å². The average molecular weight is 298 g/mol. The van der Waals surface area contributed by atoms with E-state index >= 15 is 0 Å². The Bertz CT molecular complexity index is 413. The van der Waals surface area contributed by atoms with Crippen LogP contribution in [0.4, 0.5) is 0 Å². The summed E-state index contributed by atoms with van der Waals surface area (Å²) in [5.74, 6) is -1.49. The zero-order valence-corrected chi connectivity index (χ0v) is 12.7. The monoisotopic (exact) mass is 298 g/mol. The first kappa shape index (κ1) is 17.4. The van der Waals surface area contributed by atoms with Gasteiger partial charge < -0.3 is 21.6 Å². The maximum Gasteiger partial charge on any atom is 0.258 e. The van der Waals surface area contributed by atoms with Crippen molar-refractivity contribution in [3.05, 3.63) is 0 Å². The highest BCUT2D eigenvalue weighted by molar-refractivity contribution is 5.89. The van der Waals surface area contributed by atoms with Gasteiger partial charge in [0.15, 0.2) is 0 Å². The first-order chi connectivity index (χ1) is 9.73. The van der Waals surface area contributed by atoms with E-state index in [2.05, 4.69) is 10.7 Å². The molecule has 120 valence electrons. The van der Waals surface area contributed by atoms with Gasteiger partial charge in [-0.25, -0.2) is 5.43 Å². The molecule has 1 saturated heterocycles. The van der Waals surface area contributed by atoms with Gasteiger partial charge in [0.05, 0.1) is 12.1 Å². The SMILES string of the molecule is CC(NC(=O)C(N)C(C)C)C(=O)N1CCC[C@@H](C(=N)[O-])N1. The highest BCUT2D eigenvalue weighted by atomic mass is 16.3. The van der Waals surface area contributed by atoms with Crippen LogP contribution in [0.25, 0.3) is 0 Å². The lowest BCUT2D eigenvalue weighted by molar-refractivity contribution is -0.225. The maximum atomic E-state index is 12.2. The molecular weight excluding hydrogens is 274 g/mol. The second-order valence-corrected chi connectivity index (χ2v) is 5.68. The Morgan fingerprint density at radius 2 is 2.05 bits per heavy atom. The van der Waals surface area contributed by atoms with Crippen molar-refractivity contribution in [2.45, 2.75) is 51.7 Å². The van der Waals surface area contributed by atoms with Crippen LogP contribution in [-0.2, 0) is 9.59 Å². The third-order valence-corrected chi connectivity index (χ3v) is 3.52. The van der Waals surface area contributed by atoms with Gasteiger partial charge in [0.2, 0.25) is 5.91 Å². The maximum absolute atomic E-state index is 12.2. The summed E-state index contributed by atoms with van der Waals surface area (Å²) in [4.78, 5) is 24.1. The number of carbonyl (C=O) groups excluding carboxylic acids is 2. The van der Waals surface area contributed by atoms with Crippen molar-refractivity contribution in [2.75, 3.05) is 6.54 Å². The Hall–Kier alpha value is -1.67. The summed E-state index contributed by atoms with van der Waals surface area (Å²) < 4.78 is 0. The number of hydrazine groups is 1. The van der Waals surface area contributed by atoms with E-state index in [1.54, 1.807) is 6.92 Å². The van der Waals surface area contributed by atoms with Crippen molar-refractivity contribution in [3.8, 4) is 0 Å². The molecule has 2 amide bonds. The van der Waals surface area contributed by atoms with Gasteiger partial charge in [-0.2, -0.15) is 0 Å². The molecule has 0 radical (unpaired) electrons. The van der Waals surface area contributed by atoms with Crippen molar-refractivity contribution in [1.29, 1.82) is 5.41 Å². The molecule has 5 N–H and O–H groups in total. The molecule has 0 aromatic carbocycles. The van der Waals surface area contributed by atoms with Crippen LogP contribution in [0.2, 0.25) is 0 Å². The number of carbonyl (C=O) groups is 2. The lowest BCUT2D eigenvalue weighted by Crippen LogP contribution is -2.61. The van der Waals surface area contributed by atoms with Crippen LogP contribution in [0, 0.1) is 11.3 Å². The fraction of sp³-hybridized carbons (Fsp3) is 0.769. The molecule has 8 nitrogen and oxygen atoms in total. The zero-order valence-electron chi connectivity index (χ0n) is 12.7. The first-order valence-electron chi connectivity index (χ1n) is 7.13. The van der Waals surface area contributed by atoms with Crippen LogP contribution in [0.15, 0.2) is 0 Å². The number of amides is 2. The van der Waals surface area contributed by atoms with Gasteiger partial charge >= 0.3 is 0 Å². The average Bonchev–Trinajstić information content (AvgIpc) is 2.45. The van der Waals surface area contributed by atoms with Gasteiger partial charge in [-0.3, -0.25) is 14.6 Å². The fourth-order valence-electron chi connectivity index (χ4n) is 2.04. The lowest BCUT2D eigenvalue weighted by atomic mass is 10.0. The molecular formula is C13H24N5O3-. The van der Waals surface area contributed by atoms with Crippen LogP contribution in [-0.4, -0.2) is 47.4 Å². The zero-order chi connectivity index (χ0) is 16.2. The second-order valence-electron chi connectivity index (χ2n) is 5.68. The minimum atomic E-state index is -0.744. The van der Waals surface area contributed by atoms with Gasteiger partial charge in [-0.15, -0.1) is 0 Å². The van der Waals surface area contributed by atoms with E-state index in [4.69, 9.17) is 11.1 Å². The van der Waals surface area contributed by atoms with E-state index in [9.17, 15) is 14.7 Å². The molecule has 0 spiro atoms. The molecule has 0 aliphatic carbocycles. The van der Waals surface area contributed by atoms with E-state index in [0.29, 0.717) is 19.4 Å². The number of rotatable bonds is 5. The molecule has 0 aromatic rings. The van der Waals surface area contributed by atoms with Crippen molar-refractivity contribution in [2.24, 2.45) is 11.7 Å². The molecule has 1 fully saturated rings. The van der Waals surface area contributed by atoms with E-state index in [1.807, 2.05) is 13.8 Å². The van der Waals surface area contributed by atoms with Crippen LogP contribution in [0.5, 0.6) is 0 Å². The summed E-state index contributed by atoms with van der Waals surface area (Å²) >= 11 is 0. The highest BCUT2D eigenvalue weighted by Gasteiger charge is 2.28. The molecule has 2 unspecified atom stereocenters. The van der Waals surface area contributed by atoms with Gasteiger partial charge in [0.25, 0.3) is 5.91 Å². The lowest BCUT2D eigenvalue weighted by Gasteiger charge is -2.37. The van der Waals surface area contributed by atoms with E-state index < -0.39 is 24.0 Å². The van der Waals surface area contributed by atoms with Crippen molar-refractivity contribution in [1.82, 2.24) is 15.8 Å². The predicted molar refractivity (Wildman–Crippen MR) is 76.0 cm³/mol. The molecule has 0 saturated carbocycles. The van der Waals surface area contributed by atoms with Gasteiger partial charge in [-0.1, -0.05) is 13.8 Å². The standard InChI is InChI=1S/C13H25N5O3/c1-7(2)10(14)12(20)16-8(3)13(21)18-6-4-5-9(17-18)11(15)19/h7-10,17H,4-6,14H2,1-3H3,(H2,15,19)(H,16,20)/p-1/t8?,9-,10?/m0/s1. The van der Waals surface area contributed by atoms with Crippen LogP contribution in [0.3, 0.4) is 0 Å². The smallest absolute Gasteiger partial charge is 0.258 e. The Kier molecular flexibility index (Phi) is 6.10. The number of hydrogen-bond donors (Lipinski definition) is 4. The molecule has 0 bridgehead atoms. The molecule has 1 heterocycles. The minimum absolute atomic E-state index is 0.0225. The number of nitrogens with one attached hydrogen (secondary N) is 3. The Balaban J connectivity index is 2.57. The fourth-order valence-corrected chi connectivity index (χ4v) is 2.04. The van der Waals surface area contributed by atoms with Crippen molar-refractivity contribution < 1.29 is 14.7 Å². The summed E-state index contributed by atoms with van der Waals surface area (Å²) in [6, 6.07) is -2.07. The molecule has 3 atom stereocenters. The summed E-state index contributed by atoms with van der Waals surface area (Å²) in [5.41, 5.74) is 8.45. The highest BCUT2D eigenvalue weighted by Crippen LogP contribution is 2.08. The summed E-state index contributed by atoms with van der Waals surface area (Å²) in [6.07, 6.45) is 1.17. The topological polar surface area (TPSA) is 134 Å². The van der Waals surface area contributed by atoms with Crippen molar-refractivity contribution in [3.63, 3.8) is 0 Å². The third kappa shape index (κ3) is 4.68. The van der Waals surface area contributed by atoms with E-state index in [0.717, 1.165) is 0 Å². The number of nitrogens with zero attached hydrogens (tertiary/aromatic N) is 1. The van der Waals surface area contributed by atoms with Crippen LogP contribution >= 0.6 is 0 Å². The molecule has 0 aromatic heterocycles. The first-order valence-corrected chi connectivity index (χ1v) is 7.13. The van der Waals surface area contributed by atoms with Crippen molar-refractivity contribution >= 4 is 17.7 Å². The molecule has 1 rings (SSSR count). The number of nitrogens with two attached hydrogens (primary N) is 1. The quantitative estimate of drug-likeness (QED) is 0.355. The summed E-state index contributed by atoms with van der Waals surface area (Å²) in [6.45, 7) is 5.67. The second kappa shape index (κ2) is 7.37. The van der Waals surface area contributed by atoms with Crippen LogP contribution < -0.4 is 21.6 Å². The third-order valence-electron chi connectivity index (χ3n) is 3.52. The Morgan fingerprint density at radius 3 is 2.57 bits per heavy atom. The Labute approximate surface area is 124 Å². The molecule has 1 aliphatic rings. The molecule has 21 heavy (non-hydrogen) atoms. The normalized spacial score (nSPS) is 21.8. The summed E-state index contributed by atoms with van der Waals surface area (Å²) in [7, 11) is 0. The largest absolute Gasteiger partial charge is 0.861 e. The predicted octanol–water partition coefficient (Wildman–Crippen LogP) is -1.69.